The Hall–Kier alpha value is -3.96. The van der Waals surface area contributed by atoms with Crippen LogP contribution < -0.4 is 14.8 Å². The third kappa shape index (κ3) is 5.35. The zero-order valence-corrected chi connectivity index (χ0v) is 27.0. The number of nitrogens with one attached hydrogen (secondary N) is 2. The summed E-state index contributed by atoms with van der Waals surface area (Å²) in [4.78, 5) is 7.30. The SMILES string of the molecule is C=C(/C=C/c1c[nH]c2ccccc12)CCC1c2cc3c(cc2CC2[C@H](NC)c4cc(OC)c(OC)cc4C[C@H](C#N)N12)CCS3. The van der Waals surface area contributed by atoms with Gasteiger partial charge in [0.1, 0.15) is 6.04 Å². The molecule has 0 fully saturated rings. The highest BCUT2D eigenvalue weighted by atomic mass is 32.2. The van der Waals surface area contributed by atoms with E-state index in [4.69, 9.17) is 9.47 Å². The van der Waals surface area contributed by atoms with Gasteiger partial charge in [-0.2, -0.15) is 5.26 Å². The van der Waals surface area contributed by atoms with E-state index in [9.17, 15) is 5.26 Å². The van der Waals surface area contributed by atoms with Crippen molar-refractivity contribution in [3.05, 3.63) is 106 Å². The Labute approximate surface area is 270 Å². The van der Waals surface area contributed by atoms with Crippen LogP contribution in [0.15, 0.2) is 77.9 Å². The highest BCUT2D eigenvalue weighted by molar-refractivity contribution is 7.99. The molecule has 7 heteroatoms. The number of aromatic nitrogens is 1. The molecule has 230 valence electrons. The molecule has 7 rings (SSSR count). The lowest BCUT2D eigenvalue weighted by molar-refractivity contribution is 0.0659. The number of thioether (sulfide) groups is 1. The molecule has 0 aliphatic carbocycles. The highest BCUT2D eigenvalue weighted by Gasteiger charge is 2.45. The molecule has 0 saturated heterocycles. The van der Waals surface area contributed by atoms with Crippen LogP contribution >= 0.6 is 11.8 Å². The molecule has 2 N–H and O–H groups in total. The summed E-state index contributed by atoms with van der Waals surface area (Å²) in [6, 6.07) is 20.2. The highest BCUT2D eigenvalue weighted by Crippen LogP contribution is 2.48. The number of fused-ring (bicyclic) bond motifs is 5. The quantitative estimate of drug-likeness (QED) is 0.199. The van der Waals surface area contributed by atoms with Crippen molar-refractivity contribution in [1.29, 1.82) is 5.26 Å². The Balaban J connectivity index is 1.25. The maximum Gasteiger partial charge on any atom is 0.161 e. The predicted molar refractivity (Wildman–Crippen MR) is 183 cm³/mol. The molecule has 0 radical (unpaired) electrons. The first-order valence-corrected chi connectivity index (χ1v) is 16.8. The second kappa shape index (κ2) is 12.4. The van der Waals surface area contributed by atoms with Crippen LogP contribution in [0.4, 0.5) is 0 Å². The van der Waals surface area contributed by atoms with Gasteiger partial charge in [-0.1, -0.05) is 48.6 Å². The molecule has 0 amide bonds. The van der Waals surface area contributed by atoms with Crippen LogP contribution in [0.25, 0.3) is 17.0 Å². The number of para-hydroxylation sites is 1. The normalized spacial score (nSPS) is 22.3. The van der Waals surface area contributed by atoms with E-state index in [1.54, 1.807) is 14.2 Å². The molecule has 4 atom stereocenters. The molecule has 0 saturated carbocycles. The number of H-pyrrole nitrogens is 1. The minimum Gasteiger partial charge on any atom is -0.493 e. The molecule has 0 bridgehead atoms. The summed E-state index contributed by atoms with van der Waals surface area (Å²) in [6.07, 6.45) is 10.8. The predicted octanol–water partition coefficient (Wildman–Crippen LogP) is 7.56. The number of benzene rings is 3. The average Bonchev–Trinajstić information content (AvgIpc) is 3.68. The standard InChI is InChI=1S/C38H40N4O2S/c1-23(9-11-25-22-41-32-8-6-5-7-29(25)32)10-12-33-30-20-37-24(13-14-45-37)15-26(30)17-34-38(40-2)31-19-36(44-4)35(43-3)18-27(31)16-28(21-39)42(33)34/h5-9,11,15,18-20,22,28,33-34,38,40-41H,1,10,12-14,16-17H2,2-4H3/b11-9+/t28-,33?,34?,38-/m1/s1. The van der Waals surface area contributed by atoms with Crippen molar-refractivity contribution in [3.63, 3.8) is 0 Å². The molecule has 3 aliphatic rings. The van der Waals surface area contributed by atoms with E-state index < -0.39 is 0 Å². The molecule has 6 nitrogen and oxygen atoms in total. The average molecular weight is 617 g/mol. The summed E-state index contributed by atoms with van der Waals surface area (Å²) in [5.74, 6) is 2.56. The van der Waals surface area contributed by atoms with E-state index in [1.165, 1.54) is 38.1 Å². The van der Waals surface area contributed by atoms with E-state index >= 15 is 0 Å². The Morgan fingerprint density at radius 2 is 1.89 bits per heavy atom. The summed E-state index contributed by atoms with van der Waals surface area (Å²) < 4.78 is 11.4. The molecular formula is C38H40N4O2S. The number of aromatic amines is 1. The number of hydrogen-bond acceptors (Lipinski definition) is 6. The lowest BCUT2D eigenvalue weighted by atomic mass is 9.80. The Bertz CT molecular complexity index is 1840. The van der Waals surface area contributed by atoms with Gasteiger partial charge >= 0.3 is 0 Å². The molecule has 4 aromatic rings. The van der Waals surface area contributed by atoms with Crippen LogP contribution in [0.5, 0.6) is 11.5 Å². The summed E-state index contributed by atoms with van der Waals surface area (Å²) in [5, 5.41) is 15.6. The van der Waals surface area contributed by atoms with Crippen LogP contribution in [0.3, 0.4) is 0 Å². The van der Waals surface area contributed by atoms with Gasteiger partial charge in [0.2, 0.25) is 0 Å². The van der Waals surface area contributed by atoms with Gasteiger partial charge in [-0.15, -0.1) is 11.8 Å². The minimum absolute atomic E-state index is 0.0291. The molecule has 4 heterocycles. The largest absolute Gasteiger partial charge is 0.493 e. The minimum atomic E-state index is -0.278. The number of allylic oxidation sites excluding steroid dienone is 2. The van der Waals surface area contributed by atoms with Crippen LogP contribution in [0, 0.1) is 11.3 Å². The number of nitrogens with zero attached hydrogens (tertiary/aromatic N) is 2. The lowest BCUT2D eigenvalue weighted by Gasteiger charge is -2.47. The lowest BCUT2D eigenvalue weighted by Crippen LogP contribution is -2.53. The zero-order valence-electron chi connectivity index (χ0n) is 26.2. The summed E-state index contributed by atoms with van der Waals surface area (Å²) in [5.41, 5.74) is 9.98. The van der Waals surface area contributed by atoms with Crippen LogP contribution in [-0.2, 0) is 19.3 Å². The maximum absolute atomic E-state index is 10.7. The number of likely N-dealkylation sites (N-methyl/N-ethyl adjacent to an activating group) is 1. The molecule has 3 aromatic carbocycles. The van der Waals surface area contributed by atoms with Gasteiger partial charge in [-0.05, 0) is 90.4 Å². The van der Waals surface area contributed by atoms with Gasteiger partial charge in [0.25, 0.3) is 0 Å². The number of aryl methyl sites for hydroxylation is 1. The van der Waals surface area contributed by atoms with Crippen molar-refractivity contribution in [3.8, 4) is 17.6 Å². The smallest absolute Gasteiger partial charge is 0.161 e. The zero-order chi connectivity index (χ0) is 31.1. The first-order chi connectivity index (χ1) is 22.0. The van der Waals surface area contributed by atoms with Crippen LogP contribution in [0.1, 0.15) is 58.3 Å². The van der Waals surface area contributed by atoms with Crippen molar-refractivity contribution in [2.24, 2.45) is 0 Å². The van der Waals surface area contributed by atoms with Crippen molar-refractivity contribution in [2.75, 3.05) is 27.0 Å². The Morgan fingerprint density at radius 3 is 2.69 bits per heavy atom. The molecule has 3 aliphatic heterocycles. The number of rotatable bonds is 8. The van der Waals surface area contributed by atoms with E-state index in [1.807, 2.05) is 18.8 Å². The van der Waals surface area contributed by atoms with Crippen LogP contribution in [-0.4, -0.2) is 49.0 Å². The molecule has 45 heavy (non-hydrogen) atoms. The van der Waals surface area contributed by atoms with E-state index in [0.29, 0.717) is 12.2 Å². The van der Waals surface area contributed by atoms with Gasteiger partial charge in [0, 0.05) is 52.3 Å². The van der Waals surface area contributed by atoms with Crippen molar-refractivity contribution in [2.45, 2.75) is 61.2 Å². The van der Waals surface area contributed by atoms with Crippen LogP contribution in [0.2, 0.25) is 0 Å². The monoisotopic (exact) mass is 616 g/mol. The second-order valence-corrected chi connectivity index (χ2v) is 13.5. The fourth-order valence-electron chi connectivity index (χ4n) is 7.77. The van der Waals surface area contributed by atoms with Crippen molar-refractivity contribution in [1.82, 2.24) is 15.2 Å². The summed E-state index contributed by atoms with van der Waals surface area (Å²) in [6.45, 7) is 4.47. The van der Waals surface area contributed by atoms with E-state index in [0.717, 1.165) is 53.8 Å². The fourth-order valence-corrected chi connectivity index (χ4v) is 8.87. The first-order valence-electron chi connectivity index (χ1n) is 15.8. The Morgan fingerprint density at radius 1 is 1.09 bits per heavy atom. The molecule has 1 aromatic heterocycles. The van der Waals surface area contributed by atoms with Gasteiger partial charge in [0.15, 0.2) is 11.5 Å². The van der Waals surface area contributed by atoms with Gasteiger partial charge < -0.3 is 19.8 Å². The van der Waals surface area contributed by atoms with Gasteiger partial charge in [-0.3, -0.25) is 4.90 Å². The fraction of sp³-hybridized carbons (Fsp3) is 0.342. The number of hydrogen-bond donors (Lipinski definition) is 2. The van der Waals surface area contributed by atoms with Gasteiger partial charge in [-0.25, -0.2) is 0 Å². The molecule has 0 spiro atoms. The first kappa shape index (κ1) is 29.7. The third-order valence-electron chi connectivity index (χ3n) is 9.94. The maximum atomic E-state index is 10.7. The number of nitriles is 1. The van der Waals surface area contributed by atoms with E-state index in [-0.39, 0.29) is 24.2 Å². The summed E-state index contributed by atoms with van der Waals surface area (Å²) >= 11 is 1.96. The molecule has 2 unspecified atom stereocenters. The topological polar surface area (TPSA) is 73.3 Å². The van der Waals surface area contributed by atoms with Crippen molar-refractivity contribution < 1.29 is 9.47 Å². The molecular weight excluding hydrogens is 577 g/mol. The third-order valence-corrected chi connectivity index (χ3v) is 11.0. The summed E-state index contributed by atoms with van der Waals surface area (Å²) in [7, 11) is 5.40. The number of methoxy groups -OCH3 is 2. The van der Waals surface area contributed by atoms with E-state index in [2.05, 4.69) is 94.7 Å². The number of ether oxygens (including phenoxy) is 2. The second-order valence-electron chi connectivity index (χ2n) is 12.3. The van der Waals surface area contributed by atoms with Crippen molar-refractivity contribution >= 4 is 28.7 Å². The van der Waals surface area contributed by atoms with Gasteiger partial charge in [0.05, 0.1) is 20.3 Å². The Kier molecular flexibility index (Phi) is 8.22.